The van der Waals surface area contributed by atoms with Gasteiger partial charge in [0.2, 0.25) is 10.0 Å². The maximum atomic E-state index is 13.1. The summed E-state index contributed by atoms with van der Waals surface area (Å²) in [5.74, 6) is -0.0619. The molecule has 2 heterocycles. The van der Waals surface area contributed by atoms with Crippen LogP contribution >= 0.6 is 0 Å². The smallest absolute Gasteiger partial charge is 0.254 e. The predicted molar refractivity (Wildman–Crippen MR) is 106 cm³/mol. The summed E-state index contributed by atoms with van der Waals surface area (Å²) in [7, 11) is -3.31. The van der Waals surface area contributed by atoms with Crippen LogP contribution in [0.4, 0.5) is 5.69 Å². The molecule has 6 nitrogen and oxygen atoms in total. The summed E-state index contributed by atoms with van der Waals surface area (Å²) in [6, 6.07) is 9.05. The molecule has 7 heteroatoms. The standard InChI is InChI=1S/C20H25N3O3S/c1-4-22(15(2)18-7-5-11-21-14-18)20(24)17-9-10-19-16(13-17)8-6-12-23(19)27(3,25)26/h5,7,9-11,13-15H,4,6,8,12H2,1-3H3. The Labute approximate surface area is 160 Å². The van der Waals surface area contributed by atoms with E-state index >= 15 is 0 Å². The van der Waals surface area contributed by atoms with Crippen molar-refractivity contribution in [3.05, 3.63) is 59.4 Å². The van der Waals surface area contributed by atoms with E-state index in [1.807, 2.05) is 32.0 Å². The van der Waals surface area contributed by atoms with E-state index in [1.54, 1.807) is 29.4 Å². The Morgan fingerprint density at radius 2 is 2.11 bits per heavy atom. The third-order valence-electron chi connectivity index (χ3n) is 5.04. The third-order valence-corrected chi connectivity index (χ3v) is 6.22. The number of sulfonamides is 1. The molecular formula is C20H25N3O3S. The van der Waals surface area contributed by atoms with E-state index in [1.165, 1.54) is 10.6 Å². The van der Waals surface area contributed by atoms with Gasteiger partial charge in [-0.2, -0.15) is 0 Å². The molecule has 0 radical (unpaired) electrons. The van der Waals surface area contributed by atoms with Gasteiger partial charge in [-0.25, -0.2) is 8.42 Å². The Hall–Kier alpha value is -2.41. The SMILES string of the molecule is CCN(C(=O)c1ccc2c(c1)CCCN2S(C)(=O)=O)C(C)c1cccnc1. The minimum atomic E-state index is -3.31. The first-order valence-corrected chi connectivity index (χ1v) is 11.0. The highest BCUT2D eigenvalue weighted by Gasteiger charge is 2.26. The van der Waals surface area contributed by atoms with Crippen LogP contribution in [0.3, 0.4) is 0 Å². The molecule has 1 aliphatic heterocycles. The highest BCUT2D eigenvalue weighted by Crippen LogP contribution is 2.31. The summed E-state index contributed by atoms with van der Waals surface area (Å²) in [5.41, 5.74) is 3.15. The molecule has 0 aliphatic carbocycles. The minimum absolute atomic E-state index is 0.0619. The number of rotatable bonds is 5. The highest BCUT2D eigenvalue weighted by molar-refractivity contribution is 7.92. The van der Waals surface area contributed by atoms with Gasteiger partial charge in [0.25, 0.3) is 5.91 Å². The summed E-state index contributed by atoms with van der Waals surface area (Å²) in [6.07, 6.45) is 6.23. The molecule has 0 bridgehead atoms. The fraction of sp³-hybridized carbons (Fsp3) is 0.400. The van der Waals surface area contributed by atoms with Gasteiger partial charge < -0.3 is 4.90 Å². The average molecular weight is 388 g/mol. The van der Waals surface area contributed by atoms with E-state index in [0.717, 1.165) is 24.0 Å². The molecule has 27 heavy (non-hydrogen) atoms. The number of aromatic nitrogens is 1. The molecule has 2 aromatic rings. The Kier molecular flexibility index (Phi) is 5.51. The summed E-state index contributed by atoms with van der Waals surface area (Å²) in [6.45, 7) is 5.00. The van der Waals surface area contributed by atoms with Gasteiger partial charge in [-0.15, -0.1) is 0 Å². The lowest BCUT2D eigenvalue weighted by Gasteiger charge is -2.31. The van der Waals surface area contributed by atoms with Gasteiger partial charge >= 0.3 is 0 Å². The van der Waals surface area contributed by atoms with Crippen molar-refractivity contribution in [2.45, 2.75) is 32.7 Å². The summed E-state index contributed by atoms with van der Waals surface area (Å²) < 4.78 is 25.5. The van der Waals surface area contributed by atoms with Gasteiger partial charge in [-0.1, -0.05) is 6.07 Å². The number of aryl methyl sites for hydroxylation is 1. The zero-order valence-electron chi connectivity index (χ0n) is 15.9. The van der Waals surface area contributed by atoms with Crippen molar-refractivity contribution in [1.29, 1.82) is 0 Å². The van der Waals surface area contributed by atoms with Crippen LogP contribution in [-0.4, -0.2) is 43.6 Å². The molecule has 1 aromatic heterocycles. The summed E-state index contributed by atoms with van der Waals surface area (Å²) >= 11 is 0. The first-order chi connectivity index (χ1) is 12.8. The molecule has 3 rings (SSSR count). The van der Waals surface area contributed by atoms with Crippen molar-refractivity contribution < 1.29 is 13.2 Å². The minimum Gasteiger partial charge on any atom is -0.332 e. The number of amides is 1. The lowest BCUT2D eigenvalue weighted by atomic mass is 9.99. The Balaban J connectivity index is 1.91. The molecule has 0 saturated carbocycles. The first-order valence-electron chi connectivity index (χ1n) is 9.14. The molecule has 1 atom stereocenters. The van der Waals surface area contributed by atoms with Crippen LogP contribution in [0, 0.1) is 0 Å². The van der Waals surface area contributed by atoms with Gasteiger partial charge in [0.1, 0.15) is 0 Å². The predicted octanol–water partition coefficient (Wildman–Crippen LogP) is 3.02. The number of anilines is 1. The Morgan fingerprint density at radius 3 is 2.74 bits per heavy atom. The number of carbonyl (C=O) groups excluding carboxylic acids is 1. The van der Waals surface area contributed by atoms with Crippen LogP contribution < -0.4 is 4.31 Å². The number of carbonyl (C=O) groups is 1. The second kappa shape index (κ2) is 7.68. The molecule has 1 amide bonds. The van der Waals surface area contributed by atoms with Crippen LogP contribution in [0.25, 0.3) is 0 Å². The second-order valence-corrected chi connectivity index (χ2v) is 8.74. The highest BCUT2D eigenvalue weighted by atomic mass is 32.2. The average Bonchev–Trinajstić information content (AvgIpc) is 2.67. The van der Waals surface area contributed by atoms with Crippen LogP contribution in [-0.2, 0) is 16.4 Å². The molecule has 0 saturated heterocycles. The van der Waals surface area contributed by atoms with Crippen LogP contribution in [0.15, 0.2) is 42.7 Å². The number of hydrogen-bond donors (Lipinski definition) is 0. The van der Waals surface area contributed by atoms with Gasteiger partial charge in [0.05, 0.1) is 18.0 Å². The monoisotopic (exact) mass is 387 g/mol. The summed E-state index contributed by atoms with van der Waals surface area (Å²) in [4.78, 5) is 19.1. The molecule has 144 valence electrons. The van der Waals surface area contributed by atoms with Crippen molar-refractivity contribution >= 4 is 21.6 Å². The Bertz CT molecular complexity index is 929. The summed E-state index contributed by atoms with van der Waals surface area (Å²) in [5, 5.41) is 0. The first kappa shape index (κ1) is 19.4. The maximum Gasteiger partial charge on any atom is 0.254 e. The Morgan fingerprint density at radius 1 is 1.33 bits per heavy atom. The molecule has 1 aliphatic rings. The molecular weight excluding hydrogens is 362 g/mol. The molecule has 1 unspecified atom stereocenters. The van der Waals surface area contributed by atoms with Crippen molar-refractivity contribution in [3.63, 3.8) is 0 Å². The fourth-order valence-corrected chi connectivity index (χ4v) is 4.60. The molecule has 0 spiro atoms. The number of pyridine rings is 1. The number of fused-ring (bicyclic) bond motifs is 1. The van der Waals surface area contributed by atoms with E-state index in [-0.39, 0.29) is 11.9 Å². The second-order valence-electron chi connectivity index (χ2n) is 6.84. The van der Waals surface area contributed by atoms with Crippen LogP contribution in [0.1, 0.15) is 47.8 Å². The molecule has 0 fully saturated rings. The molecule has 1 aromatic carbocycles. The largest absolute Gasteiger partial charge is 0.332 e. The normalized spacial score (nSPS) is 15.1. The van der Waals surface area contributed by atoms with E-state index in [9.17, 15) is 13.2 Å². The van der Waals surface area contributed by atoms with E-state index in [0.29, 0.717) is 24.3 Å². The lowest BCUT2D eigenvalue weighted by Crippen LogP contribution is -2.35. The van der Waals surface area contributed by atoms with E-state index in [4.69, 9.17) is 0 Å². The quantitative estimate of drug-likeness (QED) is 0.791. The van der Waals surface area contributed by atoms with Gasteiger partial charge in [-0.3, -0.25) is 14.1 Å². The molecule has 0 N–H and O–H groups in total. The number of benzene rings is 1. The maximum absolute atomic E-state index is 13.1. The van der Waals surface area contributed by atoms with Gasteiger partial charge in [0, 0.05) is 31.0 Å². The number of nitrogens with zero attached hydrogens (tertiary/aromatic N) is 3. The topological polar surface area (TPSA) is 70.6 Å². The van der Waals surface area contributed by atoms with Crippen molar-refractivity contribution in [2.75, 3.05) is 23.7 Å². The third kappa shape index (κ3) is 3.98. The van der Waals surface area contributed by atoms with Gasteiger partial charge in [-0.05, 0) is 62.1 Å². The van der Waals surface area contributed by atoms with Crippen LogP contribution in [0.2, 0.25) is 0 Å². The zero-order valence-corrected chi connectivity index (χ0v) is 16.7. The van der Waals surface area contributed by atoms with E-state index < -0.39 is 10.0 Å². The van der Waals surface area contributed by atoms with Crippen LogP contribution in [0.5, 0.6) is 0 Å². The van der Waals surface area contributed by atoms with Crippen molar-refractivity contribution in [1.82, 2.24) is 9.88 Å². The fourth-order valence-electron chi connectivity index (χ4n) is 3.60. The zero-order chi connectivity index (χ0) is 19.6. The van der Waals surface area contributed by atoms with Crippen molar-refractivity contribution in [2.24, 2.45) is 0 Å². The van der Waals surface area contributed by atoms with Gasteiger partial charge in [0.15, 0.2) is 0 Å². The van der Waals surface area contributed by atoms with Crippen molar-refractivity contribution in [3.8, 4) is 0 Å². The number of hydrogen-bond acceptors (Lipinski definition) is 4. The lowest BCUT2D eigenvalue weighted by molar-refractivity contribution is 0.0702. The van der Waals surface area contributed by atoms with E-state index in [2.05, 4.69) is 4.98 Å².